The summed E-state index contributed by atoms with van der Waals surface area (Å²) in [5, 5.41) is 8.74. The van der Waals surface area contributed by atoms with E-state index in [9.17, 15) is 0 Å². The van der Waals surface area contributed by atoms with Crippen molar-refractivity contribution in [2.75, 3.05) is 13.7 Å². The molecule has 0 saturated heterocycles. The fourth-order valence-corrected chi connectivity index (χ4v) is 1.79. The Kier molecular flexibility index (Phi) is 3.96. The molecule has 0 amide bonds. The largest absolute Gasteiger partial charge is 0.496 e. The number of aliphatic hydroxyl groups is 1. The number of rotatable bonds is 4. The lowest BCUT2D eigenvalue weighted by Crippen LogP contribution is -1.95. The molecule has 14 heavy (non-hydrogen) atoms. The predicted molar refractivity (Wildman–Crippen MR) is 57.9 cm³/mol. The van der Waals surface area contributed by atoms with E-state index in [1.807, 2.05) is 13.8 Å². The standard InChI is InChI=1S/C12H18O2/c1-9-7-11(5-4-6-13)8-10(2)12(9)14-3/h7-8,13H,4-6H2,1-3H3. The first-order valence-corrected chi connectivity index (χ1v) is 4.94. The summed E-state index contributed by atoms with van der Waals surface area (Å²) in [5.74, 6) is 0.970. The third-order valence-electron chi connectivity index (χ3n) is 2.35. The van der Waals surface area contributed by atoms with Crippen molar-refractivity contribution < 1.29 is 9.84 Å². The zero-order valence-electron chi connectivity index (χ0n) is 9.13. The highest BCUT2D eigenvalue weighted by Gasteiger charge is 2.04. The summed E-state index contributed by atoms with van der Waals surface area (Å²) >= 11 is 0. The van der Waals surface area contributed by atoms with Gasteiger partial charge in [-0.3, -0.25) is 0 Å². The minimum Gasteiger partial charge on any atom is -0.496 e. The van der Waals surface area contributed by atoms with Crippen molar-refractivity contribution in [3.05, 3.63) is 28.8 Å². The molecule has 0 aliphatic heterocycles. The molecule has 2 nitrogen and oxygen atoms in total. The lowest BCUT2D eigenvalue weighted by atomic mass is 10.0. The lowest BCUT2D eigenvalue weighted by Gasteiger charge is -2.10. The maximum atomic E-state index is 8.74. The highest BCUT2D eigenvalue weighted by molar-refractivity contribution is 5.43. The maximum absolute atomic E-state index is 8.74. The molecule has 0 atom stereocenters. The Morgan fingerprint density at radius 2 is 1.79 bits per heavy atom. The Labute approximate surface area is 85.5 Å². The van der Waals surface area contributed by atoms with E-state index in [2.05, 4.69) is 12.1 Å². The van der Waals surface area contributed by atoms with Crippen LogP contribution >= 0.6 is 0 Å². The van der Waals surface area contributed by atoms with E-state index < -0.39 is 0 Å². The molecular formula is C12H18O2. The number of ether oxygens (including phenoxy) is 1. The van der Waals surface area contributed by atoms with E-state index >= 15 is 0 Å². The molecule has 1 N–H and O–H groups in total. The first kappa shape index (κ1) is 11.1. The number of aliphatic hydroxyl groups excluding tert-OH is 1. The van der Waals surface area contributed by atoms with Gasteiger partial charge in [-0.25, -0.2) is 0 Å². The van der Waals surface area contributed by atoms with Gasteiger partial charge in [-0.05, 0) is 43.4 Å². The summed E-state index contributed by atoms with van der Waals surface area (Å²) in [6.45, 7) is 4.35. The smallest absolute Gasteiger partial charge is 0.124 e. The molecule has 0 unspecified atom stereocenters. The first-order chi connectivity index (χ1) is 6.69. The Morgan fingerprint density at radius 1 is 1.21 bits per heavy atom. The van der Waals surface area contributed by atoms with Crippen LogP contribution in [-0.2, 0) is 6.42 Å². The highest BCUT2D eigenvalue weighted by atomic mass is 16.5. The molecule has 0 saturated carbocycles. The van der Waals surface area contributed by atoms with E-state index in [0.29, 0.717) is 0 Å². The van der Waals surface area contributed by atoms with Gasteiger partial charge < -0.3 is 9.84 Å². The van der Waals surface area contributed by atoms with Crippen molar-refractivity contribution in [2.45, 2.75) is 26.7 Å². The number of methoxy groups -OCH3 is 1. The maximum Gasteiger partial charge on any atom is 0.124 e. The van der Waals surface area contributed by atoms with Gasteiger partial charge >= 0.3 is 0 Å². The van der Waals surface area contributed by atoms with E-state index in [4.69, 9.17) is 9.84 Å². The molecule has 0 heterocycles. The van der Waals surface area contributed by atoms with Crippen LogP contribution < -0.4 is 4.74 Å². The van der Waals surface area contributed by atoms with Crippen molar-refractivity contribution >= 4 is 0 Å². The van der Waals surface area contributed by atoms with Crippen LogP contribution in [0.2, 0.25) is 0 Å². The van der Waals surface area contributed by atoms with Crippen LogP contribution in [0.4, 0.5) is 0 Å². The van der Waals surface area contributed by atoms with Gasteiger partial charge in [0.1, 0.15) is 5.75 Å². The normalized spacial score (nSPS) is 10.3. The van der Waals surface area contributed by atoms with E-state index in [0.717, 1.165) is 18.6 Å². The second-order valence-electron chi connectivity index (χ2n) is 3.59. The summed E-state index contributed by atoms with van der Waals surface area (Å²) < 4.78 is 5.29. The molecule has 1 aromatic carbocycles. The average molecular weight is 194 g/mol. The van der Waals surface area contributed by atoms with Gasteiger partial charge in [0.05, 0.1) is 7.11 Å². The molecule has 1 aromatic rings. The zero-order valence-corrected chi connectivity index (χ0v) is 9.13. The second kappa shape index (κ2) is 5.01. The van der Waals surface area contributed by atoms with Gasteiger partial charge in [0.2, 0.25) is 0 Å². The number of benzene rings is 1. The summed E-state index contributed by atoms with van der Waals surface area (Å²) in [4.78, 5) is 0. The molecule has 78 valence electrons. The topological polar surface area (TPSA) is 29.5 Å². The van der Waals surface area contributed by atoms with Crippen molar-refractivity contribution in [1.82, 2.24) is 0 Å². The fraction of sp³-hybridized carbons (Fsp3) is 0.500. The van der Waals surface area contributed by atoms with Gasteiger partial charge in [-0.2, -0.15) is 0 Å². The van der Waals surface area contributed by atoms with Crippen LogP contribution in [0.25, 0.3) is 0 Å². The minimum atomic E-state index is 0.254. The lowest BCUT2D eigenvalue weighted by molar-refractivity contribution is 0.288. The van der Waals surface area contributed by atoms with Crippen LogP contribution in [0.15, 0.2) is 12.1 Å². The Morgan fingerprint density at radius 3 is 2.21 bits per heavy atom. The quantitative estimate of drug-likeness (QED) is 0.796. The number of aryl methyl sites for hydroxylation is 3. The van der Waals surface area contributed by atoms with Crippen LogP contribution in [-0.4, -0.2) is 18.8 Å². The monoisotopic (exact) mass is 194 g/mol. The van der Waals surface area contributed by atoms with Crippen molar-refractivity contribution in [3.8, 4) is 5.75 Å². The molecule has 1 rings (SSSR count). The van der Waals surface area contributed by atoms with Gasteiger partial charge in [0.25, 0.3) is 0 Å². The molecule has 0 bridgehead atoms. The summed E-state index contributed by atoms with van der Waals surface area (Å²) in [6, 6.07) is 4.25. The summed E-state index contributed by atoms with van der Waals surface area (Å²) in [6.07, 6.45) is 1.76. The Balaban J connectivity index is 2.90. The summed E-state index contributed by atoms with van der Waals surface area (Å²) in [5.41, 5.74) is 3.61. The highest BCUT2D eigenvalue weighted by Crippen LogP contribution is 2.24. The Hall–Kier alpha value is -1.02. The molecule has 0 fully saturated rings. The average Bonchev–Trinajstić information content (AvgIpc) is 2.14. The Bertz CT molecular complexity index is 282. The molecule has 0 aromatic heterocycles. The van der Waals surface area contributed by atoms with Gasteiger partial charge in [0, 0.05) is 6.61 Å². The summed E-state index contributed by atoms with van der Waals surface area (Å²) in [7, 11) is 1.70. The SMILES string of the molecule is COc1c(C)cc(CCCO)cc1C. The molecule has 2 heteroatoms. The predicted octanol–water partition coefficient (Wildman–Crippen LogP) is 2.24. The fourth-order valence-electron chi connectivity index (χ4n) is 1.79. The molecule has 0 radical (unpaired) electrons. The third-order valence-corrected chi connectivity index (χ3v) is 2.35. The molecule has 0 spiro atoms. The van der Waals surface area contributed by atoms with Gasteiger partial charge in [0.15, 0.2) is 0 Å². The van der Waals surface area contributed by atoms with E-state index in [1.165, 1.54) is 16.7 Å². The number of hydrogen-bond donors (Lipinski definition) is 1. The van der Waals surface area contributed by atoms with Crippen LogP contribution in [0, 0.1) is 13.8 Å². The van der Waals surface area contributed by atoms with E-state index in [1.54, 1.807) is 7.11 Å². The molecule has 0 aliphatic rings. The van der Waals surface area contributed by atoms with Crippen molar-refractivity contribution in [3.63, 3.8) is 0 Å². The van der Waals surface area contributed by atoms with Gasteiger partial charge in [-0.15, -0.1) is 0 Å². The van der Waals surface area contributed by atoms with Crippen LogP contribution in [0.5, 0.6) is 5.75 Å². The van der Waals surface area contributed by atoms with Crippen molar-refractivity contribution in [1.29, 1.82) is 0 Å². The zero-order chi connectivity index (χ0) is 10.6. The third kappa shape index (κ3) is 2.48. The van der Waals surface area contributed by atoms with Crippen LogP contribution in [0.1, 0.15) is 23.1 Å². The minimum absolute atomic E-state index is 0.254. The molecular weight excluding hydrogens is 176 g/mol. The molecule has 0 aliphatic carbocycles. The van der Waals surface area contributed by atoms with Crippen molar-refractivity contribution in [2.24, 2.45) is 0 Å². The van der Waals surface area contributed by atoms with E-state index in [-0.39, 0.29) is 6.61 Å². The van der Waals surface area contributed by atoms with Gasteiger partial charge in [-0.1, -0.05) is 12.1 Å². The first-order valence-electron chi connectivity index (χ1n) is 4.94. The van der Waals surface area contributed by atoms with Crippen LogP contribution in [0.3, 0.4) is 0 Å². The number of hydrogen-bond acceptors (Lipinski definition) is 2. The second-order valence-corrected chi connectivity index (χ2v) is 3.59.